The molecule has 0 saturated carbocycles. The monoisotopic (exact) mass is 240 g/mol. The van der Waals surface area contributed by atoms with Gasteiger partial charge in [-0.3, -0.25) is 5.43 Å². The van der Waals surface area contributed by atoms with Crippen LogP contribution in [0.2, 0.25) is 5.02 Å². The summed E-state index contributed by atoms with van der Waals surface area (Å²) < 4.78 is 4.69. The number of aromatic nitrogens is 3. The molecule has 2 aromatic heterocycles. The number of hydrogen-bond acceptors (Lipinski definition) is 7. The fourth-order valence-corrected chi connectivity index (χ4v) is 1.22. The van der Waals surface area contributed by atoms with Gasteiger partial charge >= 0.3 is 0 Å². The average Bonchev–Trinajstić information content (AvgIpc) is 2.81. The highest BCUT2D eigenvalue weighted by molar-refractivity contribution is 6.32. The zero-order chi connectivity index (χ0) is 11.4. The molecule has 16 heavy (non-hydrogen) atoms. The van der Waals surface area contributed by atoms with Gasteiger partial charge in [-0.25, -0.2) is 10.8 Å². The van der Waals surface area contributed by atoms with E-state index in [9.17, 15) is 0 Å². The molecule has 0 aliphatic rings. The first kappa shape index (κ1) is 10.7. The van der Waals surface area contributed by atoms with Crippen LogP contribution in [0.3, 0.4) is 0 Å². The Kier molecular flexibility index (Phi) is 3.18. The van der Waals surface area contributed by atoms with Gasteiger partial charge in [-0.1, -0.05) is 16.8 Å². The summed E-state index contributed by atoms with van der Waals surface area (Å²) in [6, 6.07) is 1.74. The molecule has 0 bridgehead atoms. The van der Waals surface area contributed by atoms with Crippen molar-refractivity contribution in [1.82, 2.24) is 15.1 Å². The van der Waals surface area contributed by atoms with Crippen molar-refractivity contribution in [3.8, 4) is 0 Å². The number of nitrogens with two attached hydrogens (primary N) is 1. The number of nitrogens with one attached hydrogen (secondary N) is 2. The number of hydrazine groups is 1. The molecule has 0 amide bonds. The second-order valence-electron chi connectivity index (χ2n) is 2.88. The lowest BCUT2D eigenvalue weighted by atomic mass is 10.4. The Bertz CT molecular complexity index is 460. The minimum Gasteiger partial charge on any atom is -0.364 e. The summed E-state index contributed by atoms with van der Waals surface area (Å²) in [6.07, 6.45) is 2.94. The van der Waals surface area contributed by atoms with Crippen molar-refractivity contribution in [2.75, 3.05) is 10.7 Å². The van der Waals surface area contributed by atoms with Crippen LogP contribution in [-0.4, -0.2) is 15.1 Å². The molecule has 0 aliphatic heterocycles. The van der Waals surface area contributed by atoms with Crippen LogP contribution in [-0.2, 0) is 6.54 Å². The third-order valence-electron chi connectivity index (χ3n) is 1.80. The Balaban J connectivity index is 2.08. The molecule has 0 radical (unpaired) electrons. The fraction of sp³-hybridized carbons (Fsp3) is 0.125. The fourth-order valence-electron chi connectivity index (χ4n) is 1.06. The lowest BCUT2D eigenvalue weighted by Gasteiger charge is -2.06. The van der Waals surface area contributed by atoms with E-state index in [4.69, 9.17) is 17.4 Å². The minimum atomic E-state index is 0.284. The van der Waals surface area contributed by atoms with Gasteiger partial charge in [-0.15, -0.1) is 0 Å². The minimum absolute atomic E-state index is 0.284. The van der Waals surface area contributed by atoms with Crippen molar-refractivity contribution in [1.29, 1.82) is 0 Å². The first-order chi connectivity index (χ1) is 7.79. The van der Waals surface area contributed by atoms with Crippen LogP contribution in [0.1, 0.15) is 5.69 Å². The Labute approximate surface area is 96.0 Å². The van der Waals surface area contributed by atoms with E-state index >= 15 is 0 Å². The number of rotatable bonds is 4. The molecule has 7 nitrogen and oxygen atoms in total. The number of anilines is 2. The molecule has 0 unspecified atom stereocenters. The number of hydrogen-bond donors (Lipinski definition) is 3. The summed E-state index contributed by atoms with van der Waals surface area (Å²) in [4.78, 5) is 7.89. The lowest BCUT2D eigenvalue weighted by molar-refractivity contribution is 0.412. The van der Waals surface area contributed by atoms with Gasteiger partial charge in [-0.05, 0) is 0 Å². The van der Waals surface area contributed by atoms with E-state index in [-0.39, 0.29) is 5.95 Å². The molecule has 8 heteroatoms. The van der Waals surface area contributed by atoms with E-state index in [2.05, 4.69) is 30.4 Å². The van der Waals surface area contributed by atoms with Crippen LogP contribution in [0.25, 0.3) is 0 Å². The van der Waals surface area contributed by atoms with Crippen LogP contribution in [0, 0.1) is 0 Å². The maximum absolute atomic E-state index is 5.89. The quantitative estimate of drug-likeness (QED) is 0.542. The maximum atomic E-state index is 5.89. The molecule has 2 heterocycles. The molecule has 84 valence electrons. The third-order valence-corrected chi connectivity index (χ3v) is 2.08. The highest BCUT2D eigenvalue weighted by Crippen LogP contribution is 2.19. The SMILES string of the molecule is NNc1ncc(Cl)c(NCc2ccon2)n1. The summed E-state index contributed by atoms with van der Waals surface area (Å²) >= 11 is 5.89. The topological polar surface area (TPSA) is 102 Å². The molecule has 4 N–H and O–H groups in total. The standard InChI is InChI=1S/C8H9ClN6O/c9-6-4-12-8(14-10)13-7(6)11-3-5-1-2-16-15-5/h1-2,4H,3,10H2,(H2,11,12,13,14). The van der Waals surface area contributed by atoms with Crippen LogP contribution in [0.4, 0.5) is 11.8 Å². The molecule has 0 fully saturated rings. The molecule has 0 saturated heterocycles. The van der Waals surface area contributed by atoms with Gasteiger partial charge in [-0.2, -0.15) is 4.98 Å². The Morgan fingerprint density at radius 2 is 2.38 bits per heavy atom. The van der Waals surface area contributed by atoms with Crippen molar-refractivity contribution < 1.29 is 4.52 Å². The first-order valence-electron chi connectivity index (χ1n) is 4.42. The molecule has 0 aliphatic carbocycles. The predicted octanol–water partition coefficient (Wildman–Crippen LogP) is 1.02. The van der Waals surface area contributed by atoms with E-state index in [1.807, 2.05) is 0 Å². The van der Waals surface area contributed by atoms with E-state index in [1.165, 1.54) is 12.5 Å². The van der Waals surface area contributed by atoms with Crippen molar-refractivity contribution in [3.63, 3.8) is 0 Å². The van der Waals surface area contributed by atoms with Crippen LogP contribution >= 0.6 is 11.6 Å². The average molecular weight is 241 g/mol. The largest absolute Gasteiger partial charge is 0.364 e. The van der Waals surface area contributed by atoms with Gasteiger partial charge in [0, 0.05) is 6.07 Å². The number of halogens is 1. The van der Waals surface area contributed by atoms with Crippen molar-refractivity contribution >= 4 is 23.4 Å². The normalized spacial score (nSPS) is 10.1. The van der Waals surface area contributed by atoms with E-state index in [0.717, 1.165) is 5.69 Å². The summed E-state index contributed by atoms with van der Waals surface area (Å²) in [7, 11) is 0. The number of nitrogens with zero attached hydrogens (tertiary/aromatic N) is 3. The van der Waals surface area contributed by atoms with Gasteiger partial charge < -0.3 is 9.84 Å². The number of nitrogen functional groups attached to an aromatic ring is 1. The van der Waals surface area contributed by atoms with Gasteiger partial charge in [0.1, 0.15) is 17.0 Å². The van der Waals surface area contributed by atoms with Gasteiger partial charge in [0.15, 0.2) is 5.82 Å². The van der Waals surface area contributed by atoms with Gasteiger partial charge in [0.2, 0.25) is 5.95 Å². The molecule has 0 aromatic carbocycles. The van der Waals surface area contributed by atoms with Crippen molar-refractivity contribution in [2.24, 2.45) is 5.84 Å². The molecule has 0 spiro atoms. The highest BCUT2D eigenvalue weighted by atomic mass is 35.5. The van der Waals surface area contributed by atoms with Crippen LogP contribution in [0.15, 0.2) is 23.0 Å². The van der Waals surface area contributed by atoms with E-state index in [0.29, 0.717) is 17.4 Å². The van der Waals surface area contributed by atoms with Gasteiger partial charge in [0.25, 0.3) is 0 Å². The molecular formula is C8H9ClN6O. The summed E-state index contributed by atoms with van der Waals surface area (Å²) in [5, 5.41) is 7.13. The zero-order valence-electron chi connectivity index (χ0n) is 8.14. The Morgan fingerprint density at radius 3 is 3.06 bits per heavy atom. The highest BCUT2D eigenvalue weighted by Gasteiger charge is 2.05. The summed E-state index contributed by atoms with van der Waals surface area (Å²) in [6.45, 7) is 0.456. The molecule has 2 aromatic rings. The first-order valence-corrected chi connectivity index (χ1v) is 4.79. The third kappa shape index (κ3) is 2.38. The van der Waals surface area contributed by atoms with E-state index in [1.54, 1.807) is 6.07 Å². The maximum Gasteiger partial charge on any atom is 0.239 e. The molecule has 2 rings (SSSR count). The van der Waals surface area contributed by atoms with Crippen molar-refractivity contribution in [2.45, 2.75) is 6.54 Å². The van der Waals surface area contributed by atoms with Crippen LogP contribution < -0.4 is 16.6 Å². The second-order valence-corrected chi connectivity index (χ2v) is 3.29. The second kappa shape index (κ2) is 4.77. The van der Waals surface area contributed by atoms with E-state index < -0.39 is 0 Å². The van der Waals surface area contributed by atoms with Gasteiger partial charge in [0.05, 0.1) is 12.7 Å². The summed E-state index contributed by atoms with van der Waals surface area (Å²) in [5.74, 6) is 5.95. The molecular weight excluding hydrogens is 232 g/mol. The zero-order valence-corrected chi connectivity index (χ0v) is 8.90. The molecule has 0 atom stereocenters. The summed E-state index contributed by atoms with van der Waals surface area (Å²) in [5.41, 5.74) is 3.08. The van der Waals surface area contributed by atoms with Crippen molar-refractivity contribution in [3.05, 3.63) is 29.2 Å². The Hall–Kier alpha value is -1.86. The lowest BCUT2D eigenvalue weighted by Crippen LogP contribution is -2.12. The smallest absolute Gasteiger partial charge is 0.239 e. The predicted molar refractivity (Wildman–Crippen MR) is 58.7 cm³/mol. The Morgan fingerprint density at radius 1 is 1.50 bits per heavy atom. The van der Waals surface area contributed by atoms with Crippen LogP contribution in [0.5, 0.6) is 0 Å².